The van der Waals surface area contributed by atoms with Gasteiger partial charge in [0.2, 0.25) is 17.2 Å². The Morgan fingerprint density at radius 3 is 2.17 bits per heavy atom. The number of aromatic nitrogens is 3. The SMILES string of the molecule is COc1cc(N=Nc2ccc(N(C)CCCC(=O)NCc3cn(CCOCCO[C@H](O[C@@H]4O[C@H](CO)[C@@H](O)[C@H](O)[C@H]4NC(C)=O)[C@@](C)(O)C(=O)CCCCCCCNC(=O)c4ccc(-c5c6ccc(=[N+](C)C)cc-6oc6cc(N(C)C)ccc56)c(C(=O)O)c4)nn3)cc2)c(C)cc1N=Nc1ccc([N+](=O)[O-])cc1. The first-order chi connectivity index (χ1) is 51.7. The molecule has 0 unspecified atom stereocenters. The highest BCUT2D eigenvalue weighted by molar-refractivity contribution is 6.09. The number of fused-ring (bicyclic) bond motifs is 2. The van der Waals surface area contributed by atoms with E-state index in [2.05, 4.69) is 46.7 Å². The maximum absolute atomic E-state index is 13.9. The Hall–Kier alpha value is -10.8. The number of unbranched alkanes of at least 4 members (excludes halogenated alkanes) is 4. The van der Waals surface area contributed by atoms with E-state index >= 15 is 0 Å². The molecule has 32 nitrogen and oxygen atoms in total. The minimum Gasteiger partial charge on any atom is -0.494 e. The second-order valence-corrected chi connectivity index (χ2v) is 26.7. The van der Waals surface area contributed by atoms with Crippen molar-refractivity contribution in [1.29, 1.82) is 0 Å². The summed E-state index contributed by atoms with van der Waals surface area (Å²) < 4.78 is 39.1. The van der Waals surface area contributed by atoms with Crippen LogP contribution in [0.2, 0.25) is 0 Å². The molecular weight excluding hydrogens is 1400 g/mol. The number of rotatable bonds is 38. The Morgan fingerprint density at radius 2 is 1.48 bits per heavy atom. The number of methoxy groups -OCH3 is 1. The number of ketones is 1. The van der Waals surface area contributed by atoms with Crippen LogP contribution >= 0.6 is 0 Å². The molecular formula is C76H93N14O18+. The minimum atomic E-state index is -2.35. The standard InChI is InChI=1S/C76H92N14O18/c1-46-38-61(84-81-50-21-25-53(26-22-50)90(101)102)64(103-9)42-60(46)83-80-49-19-23-52(24-20-49)88(8)33-15-17-67(94)78-43-51-44-89(85-82-51)34-35-104-36-37-105-75(108-74-69(79-47(2)92)71(96)70(95)65(45-91)107-74)76(3,100)66(93)16-13-11-10-12-14-32-77-72(97)48-18-29-56(59(39-48)73(98)99)68-57-30-27-54(86(4)5)40-62(57)106-63-41-55(87(6)7)28-31-58(63)68/h18-31,38-42,44,65,69-71,74-75,91,95-96,100H,10-17,32-37,43,45H2,1-9H3,(H3-,77,78,79,92,94,97,98,99)/p+1/t65-,69-,70-,71-,74+,75-,76+/m1/s1. The first-order valence-electron chi connectivity index (χ1n) is 35.3. The highest BCUT2D eigenvalue weighted by Gasteiger charge is 2.50. The number of ether oxygens (including phenoxy) is 5. The molecule has 1 saturated heterocycles. The molecule has 1 aromatic heterocycles. The highest BCUT2D eigenvalue weighted by atomic mass is 16.8. The van der Waals surface area contributed by atoms with Gasteiger partial charge in [0.05, 0.1) is 86.4 Å². The first-order valence-corrected chi connectivity index (χ1v) is 35.3. The third kappa shape index (κ3) is 21.5. The number of nitro groups is 1. The number of azo groups is 2. The van der Waals surface area contributed by atoms with E-state index in [0.29, 0.717) is 113 Å². The first kappa shape index (κ1) is 81.2. The maximum Gasteiger partial charge on any atom is 0.336 e. The number of benzene rings is 6. The number of aromatic carboxylic acids is 1. The summed E-state index contributed by atoms with van der Waals surface area (Å²) in [5.74, 6) is -2.14. The van der Waals surface area contributed by atoms with Gasteiger partial charge in [-0.2, -0.15) is 15.3 Å². The molecule has 2 aliphatic heterocycles. The number of non-ortho nitro benzene ring substituents is 1. The lowest BCUT2D eigenvalue weighted by Crippen LogP contribution is -2.66. The molecule has 6 aromatic rings. The quantitative estimate of drug-likeness (QED) is 0.00341. The van der Waals surface area contributed by atoms with Crippen molar-refractivity contribution < 1.29 is 82.5 Å². The topological polar surface area (TPSA) is 415 Å². The molecule has 0 spiro atoms. The average molecular weight is 1490 g/mol. The van der Waals surface area contributed by atoms with E-state index in [-0.39, 0.29) is 75.0 Å². The zero-order chi connectivity index (χ0) is 77.8. The molecule has 1 aliphatic carbocycles. The number of hydrogen-bond acceptors (Lipinski definition) is 25. The molecule has 0 saturated carbocycles. The number of nitrogens with zero attached hydrogens (tertiary/aromatic N) is 11. The molecule has 3 amide bonds. The average Bonchev–Trinajstić information content (AvgIpc) is 0.869. The lowest BCUT2D eigenvalue weighted by atomic mass is 9.89. The van der Waals surface area contributed by atoms with Gasteiger partial charge in [0.1, 0.15) is 66.9 Å². The summed E-state index contributed by atoms with van der Waals surface area (Å²) in [5.41, 5.74) is 5.20. The van der Waals surface area contributed by atoms with Crippen LogP contribution in [-0.2, 0) is 46.4 Å². The smallest absolute Gasteiger partial charge is 0.336 e. The summed E-state index contributed by atoms with van der Waals surface area (Å²) in [5, 5.41) is 101. The second kappa shape index (κ2) is 38.1. The molecule has 0 bridgehead atoms. The highest BCUT2D eigenvalue weighted by Crippen LogP contribution is 2.43. The van der Waals surface area contributed by atoms with Gasteiger partial charge in [-0.1, -0.05) is 30.5 Å². The van der Waals surface area contributed by atoms with Gasteiger partial charge in [-0.05, 0) is 117 Å². The molecule has 108 heavy (non-hydrogen) atoms. The van der Waals surface area contributed by atoms with E-state index in [9.17, 15) is 59.6 Å². The van der Waals surface area contributed by atoms with Gasteiger partial charge in [0.25, 0.3) is 11.6 Å². The van der Waals surface area contributed by atoms with Crippen molar-refractivity contribution in [2.75, 3.05) is 91.7 Å². The third-order valence-corrected chi connectivity index (χ3v) is 18.2. The van der Waals surface area contributed by atoms with Crippen LogP contribution in [0.3, 0.4) is 0 Å². The van der Waals surface area contributed by atoms with Crippen LogP contribution in [0.4, 0.5) is 39.8 Å². The summed E-state index contributed by atoms with van der Waals surface area (Å²) in [4.78, 5) is 80.1. The largest absolute Gasteiger partial charge is 0.494 e. The number of Topliss-reactive ketones (excluding diaryl/α,β-unsaturated/α-hetero) is 1. The summed E-state index contributed by atoms with van der Waals surface area (Å²) in [6.07, 6.45) is -3.00. The van der Waals surface area contributed by atoms with E-state index in [1.807, 2.05) is 117 Å². The van der Waals surface area contributed by atoms with Gasteiger partial charge >= 0.3 is 5.97 Å². The summed E-state index contributed by atoms with van der Waals surface area (Å²) in [6, 6.07) is 31.4. The number of carboxylic acid groups (broad SMARTS) is 1. The Kier molecular flexibility index (Phi) is 28.7. The van der Waals surface area contributed by atoms with Crippen LogP contribution in [0.1, 0.15) is 97.2 Å². The Bertz CT molecular complexity index is 4560. The number of aryl methyl sites for hydroxylation is 1. The molecule has 8 N–H and O–H groups in total. The van der Waals surface area contributed by atoms with Crippen molar-refractivity contribution in [1.82, 2.24) is 35.5 Å². The lowest BCUT2D eigenvalue weighted by molar-refractivity contribution is -0.384. The van der Waals surface area contributed by atoms with E-state index in [0.717, 1.165) is 22.3 Å². The number of aliphatic hydroxyl groups excluding tert-OH is 3. The molecule has 32 heteroatoms. The molecule has 5 aromatic carbocycles. The van der Waals surface area contributed by atoms with Crippen molar-refractivity contribution in [3.05, 3.63) is 159 Å². The fourth-order valence-electron chi connectivity index (χ4n) is 12.0. The Labute approximate surface area is 623 Å². The van der Waals surface area contributed by atoms with Crippen LogP contribution in [0, 0.1) is 17.0 Å². The van der Waals surface area contributed by atoms with Crippen LogP contribution in [-0.4, -0.2) is 199 Å². The summed E-state index contributed by atoms with van der Waals surface area (Å²) in [6.45, 7) is 4.50. The van der Waals surface area contributed by atoms with Crippen molar-refractivity contribution in [2.24, 2.45) is 20.5 Å². The summed E-state index contributed by atoms with van der Waals surface area (Å²) >= 11 is 0. The maximum atomic E-state index is 13.9. The minimum absolute atomic E-state index is 0.0506. The molecule has 574 valence electrons. The number of carbonyl (C=O) groups is 5. The molecule has 9 rings (SSSR count). The van der Waals surface area contributed by atoms with Gasteiger partial charge in [-0.3, -0.25) is 29.3 Å². The number of carbonyl (C=O) groups excluding carboxylic acids is 4. The van der Waals surface area contributed by atoms with Gasteiger partial charge in [0.15, 0.2) is 24.0 Å². The van der Waals surface area contributed by atoms with E-state index in [1.54, 1.807) is 30.5 Å². The van der Waals surface area contributed by atoms with Crippen molar-refractivity contribution in [3.63, 3.8) is 0 Å². The zero-order valence-electron chi connectivity index (χ0n) is 61.8. The Morgan fingerprint density at radius 1 is 0.787 bits per heavy atom. The number of amides is 3. The fraction of sp³-hybridized carbons (Fsp3) is 0.421. The Balaban J connectivity index is 0.700. The summed E-state index contributed by atoms with van der Waals surface area (Å²) in [7, 11) is 11.1. The van der Waals surface area contributed by atoms with Gasteiger partial charge in [-0.15, -0.1) is 10.2 Å². The zero-order valence-corrected chi connectivity index (χ0v) is 61.8. The second-order valence-electron chi connectivity index (χ2n) is 26.7. The fourth-order valence-corrected chi connectivity index (χ4v) is 12.0. The molecule has 1 fully saturated rings. The van der Waals surface area contributed by atoms with Crippen molar-refractivity contribution >= 4 is 80.3 Å². The number of nitrogens with one attached hydrogen (secondary N) is 3. The third-order valence-electron chi connectivity index (χ3n) is 18.2. The van der Waals surface area contributed by atoms with Gasteiger partial charge in [-0.25, -0.2) is 14.1 Å². The van der Waals surface area contributed by atoms with Crippen molar-refractivity contribution in [2.45, 2.75) is 128 Å². The van der Waals surface area contributed by atoms with E-state index in [1.165, 1.54) is 56.0 Å². The van der Waals surface area contributed by atoms with Crippen molar-refractivity contribution in [3.8, 4) is 28.2 Å². The van der Waals surface area contributed by atoms with Gasteiger partial charge in [0, 0.05) is 118 Å². The number of anilines is 2. The number of aliphatic hydroxyl groups is 4. The number of nitro benzene ring substituents is 1. The van der Waals surface area contributed by atoms with Crippen LogP contribution in [0.5, 0.6) is 5.75 Å². The molecule has 3 aliphatic rings. The lowest BCUT2D eigenvalue weighted by Gasteiger charge is -2.44. The van der Waals surface area contributed by atoms with Crippen LogP contribution < -0.4 is 40.4 Å². The molecule has 0 radical (unpaired) electrons. The molecule has 7 atom stereocenters. The van der Waals surface area contributed by atoms with Crippen LogP contribution in [0.25, 0.3) is 33.4 Å². The predicted octanol–water partition coefficient (Wildman–Crippen LogP) is 8.59. The van der Waals surface area contributed by atoms with E-state index < -0.39 is 77.6 Å². The molecule has 3 heterocycles. The van der Waals surface area contributed by atoms with E-state index in [4.69, 9.17) is 28.1 Å². The van der Waals surface area contributed by atoms with Gasteiger partial charge < -0.3 is 79.4 Å². The normalized spacial score (nSPS) is 16.7. The monoisotopic (exact) mass is 1490 g/mol. The van der Waals surface area contributed by atoms with Crippen LogP contribution in [0.15, 0.2) is 146 Å². The predicted molar refractivity (Wildman–Crippen MR) is 399 cm³/mol. The number of hydrogen-bond donors (Lipinski definition) is 8. The number of carboxylic acids is 1.